The van der Waals surface area contributed by atoms with E-state index in [0.717, 1.165) is 103 Å². The molecule has 0 rings (SSSR count). The van der Waals surface area contributed by atoms with Gasteiger partial charge in [-0.15, -0.1) is 0 Å². The van der Waals surface area contributed by atoms with Gasteiger partial charge in [-0.05, 0) is 96.3 Å². The summed E-state index contributed by atoms with van der Waals surface area (Å²) in [7, 11) is 0. The fourth-order valence-corrected chi connectivity index (χ4v) is 6.17. The van der Waals surface area contributed by atoms with Gasteiger partial charge in [-0.1, -0.05) is 189 Å². The number of allylic oxidation sites excluding steroid dienone is 16. The minimum absolute atomic E-state index is 0.119. The fourth-order valence-electron chi connectivity index (χ4n) is 6.17. The van der Waals surface area contributed by atoms with E-state index in [4.69, 9.17) is 14.2 Å². The minimum atomic E-state index is -0.825. The molecule has 0 saturated carbocycles. The lowest BCUT2D eigenvalue weighted by Gasteiger charge is -2.18. The van der Waals surface area contributed by atoms with E-state index in [-0.39, 0.29) is 44.0 Å². The largest absolute Gasteiger partial charge is 0.462 e. The van der Waals surface area contributed by atoms with Crippen LogP contribution in [0.25, 0.3) is 0 Å². The Kier molecular flexibility index (Phi) is 45.1. The van der Waals surface area contributed by atoms with Gasteiger partial charge in [-0.3, -0.25) is 14.4 Å². The second-order valence-electron chi connectivity index (χ2n) is 15.7. The Morgan fingerprint density at radius 1 is 0.367 bits per heavy atom. The number of carbonyl (C=O) groups is 3. The summed E-state index contributed by atoms with van der Waals surface area (Å²) in [5.41, 5.74) is 0. The smallest absolute Gasteiger partial charge is 0.306 e. The van der Waals surface area contributed by atoms with E-state index in [0.29, 0.717) is 12.8 Å². The van der Waals surface area contributed by atoms with Crippen molar-refractivity contribution in [3.8, 4) is 0 Å². The first-order valence-corrected chi connectivity index (χ1v) is 24.3. The molecule has 0 fully saturated rings. The van der Waals surface area contributed by atoms with Crippen LogP contribution in [0.4, 0.5) is 0 Å². The number of ether oxygens (including phenoxy) is 3. The summed E-state index contributed by atoms with van der Waals surface area (Å²) in [5, 5.41) is 0. The molecule has 0 aliphatic rings. The highest BCUT2D eigenvalue weighted by molar-refractivity contribution is 5.71. The van der Waals surface area contributed by atoms with Crippen molar-refractivity contribution in [2.24, 2.45) is 0 Å². The summed E-state index contributed by atoms with van der Waals surface area (Å²) < 4.78 is 16.6. The monoisotopic (exact) mass is 833 g/mol. The molecule has 0 N–H and O–H groups in total. The maximum absolute atomic E-state index is 12.7. The SMILES string of the molecule is CC/C=C\C/C=C\C/C=C\C/C=C\C/C=C\CCC(=O)OCC(COC(=O)CCCCCC/C=C\CCCC)OC(=O)CCCCC/C=C\C=C/CCCCCCCCC. The maximum atomic E-state index is 12.7. The molecule has 0 aliphatic heterocycles. The molecule has 0 spiro atoms. The Balaban J connectivity index is 4.55. The Morgan fingerprint density at radius 2 is 0.750 bits per heavy atom. The molecule has 0 aromatic heterocycles. The average Bonchev–Trinajstić information content (AvgIpc) is 3.24. The first-order chi connectivity index (χ1) is 29.5. The number of rotatable bonds is 42. The van der Waals surface area contributed by atoms with E-state index >= 15 is 0 Å². The highest BCUT2D eigenvalue weighted by Crippen LogP contribution is 2.12. The second-order valence-corrected chi connectivity index (χ2v) is 15.7. The molecule has 0 radical (unpaired) electrons. The van der Waals surface area contributed by atoms with Gasteiger partial charge in [0.1, 0.15) is 13.2 Å². The van der Waals surface area contributed by atoms with Gasteiger partial charge >= 0.3 is 17.9 Å². The number of hydrogen-bond acceptors (Lipinski definition) is 6. The van der Waals surface area contributed by atoms with Crippen LogP contribution < -0.4 is 0 Å². The first kappa shape index (κ1) is 56.3. The predicted molar refractivity (Wildman–Crippen MR) is 256 cm³/mol. The maximum Gasteiger partial charge on any atom is 0.306 e. The van der Waals surface area contributed by atoms with Gasteiger partial charge in [0.05, 0.1) is 0 Å². The van der Waals surface area contributed by atoms with E-state index in [1.807, 2.05) is 12.2 Å². The van der Waals surface area contributed by atoms with Crippen LogP contribution in [0.3, 0.4) is 0 Å². The minimum Gasteiger partial charge on any atom is -0.462 e. The highest BCUT2D eigenvalue weighted by Gasteiger charge is 2.19. The number of unbranched alkanes of at least 4 members (excludes halogenated alkanes) is 16. The van der Waals surface area contributed by atoms with E-state index < -0.39 is 6.10 Å². The quantitative estimate of drug-likeness (QED) is 0.0200. The first-order valence-electron chi connectivity index (χ1n) is 24.3. The van der Waals surface area contributed by atoms with Gasteiger partial charge in [-0.25, -0.2) is 0 Å². The number of hydrogen-bond donors (Lipinski definition) is 0. The number of carbonyl (C=O) groups excluding carboxylic acids is 3. The molecule has 0 aromatic carbocycles. The molecule has 1 unspecified atom stereocenters. The summed E-state index contributed by atoms with van der Waals surface area (Å²) >= 11 is 0. The fraction of sp³-hybridized carbons (Fsp3) is 0.648. The van der Waals surface area contributed by atoms with Crippen LogP contribution in [0.15, 0.2) is 97.2 Å². The molecule has 0 amide bonds. The van der Waals surface area contributed by atoms with Gasteiger partial charge in [0.2, 0.25) is 0 Å². The van der Waals surface area contributed by atoms with Gasteiger partial charge in [0.15, 0.2) is 6.10 Å². The Bertz CT molecular complexity index is 1230. The number of esters is 3. The summed E-state index contributed by atoms with van der Waals surface area (Å²) in [6, 6.07) is 0. The lowest BCUT2D eigenvalue weighted by Crippen LogP contribution is -2.30. The molecule has 6 nitrogen and oxygen atoms in total. The molecule has 340 valence electrons. The van der Waals surface area contributed by atoms with Crippen molar-refractivity contribution in [2.45, 2.75) is 213 Å². The normalized spacial score (nSPS) is 12.9. The molecule has 1 atom stereocenters. The third-order valence-electron chi connectivity index (χ3n) is 9.83. The molecule has 0 heterocycles. The molecule has 0 saturated heterocycles. The summed E-state index contributed by atoms with van der Waals surface area (Å²) in [6.45, 7) is 6.35. The second kappa shape index (κ2) is 48.0. The third kappa shape index (κ3) is 45.4. The van der Waals surface area contributed by atoms with Crippen LogP contribution in [0.1, 0.15) is 207 Å². The van der Waals surface area contributed by atoms with Gasteiger partial charge < -0.3 is 14.2 Å². The van der Waals surface area contributed by atoms with Crippen molar-refractivity contribution in [1.82, 2.24) is 0 Å². The zero-order valence-corrected chi connectivity index (χ0v) is 38.7. The van der Waals surface area contributed by atoms with Crippen molar-refractivity contribution in [1.29, 1.82) is 0 Å². The van der Waals surface area contributed by atoms with Crippen LogP contribution in [0.5, 0.6) is 0 Å². The van der Waals surface area contributed by atoms with E-state index in [1.165, 1.54) is 57.8 Å². The van der Waals surface area contributed by atoms with E-state index in [2.05, 4.69) is 106 Å². The average molecular weight is 833 g/mol. The summed E-state index contributed by atoms with van der Waals surface area (Å²) in [5.74, 6) is -1.05. The standard InChI is InChI=1S/C54H88O6/c1-4-7-10-13-16-19-22-24-26-28-30-32-35-38-41-44-47-53(56)59-50-51(49-58-52(55)46-43-40-37-34-21-18-15-12-9-6-3)60-54(57)48-45-42-39-36-33-31-29-27-25-23-20-17-14-11-8-5-2/h7,10,15-16,18-19,24,26-27,29-33,38,41,51H,4-6,8-9,11-14,17,20-23,25,28,34-37,39-40,42-50H2,1-3H3/b10-7-,18-15-,19-16-,26-24-,29-27-,32-30-,33-31-,41-38-. The van der Waals surface area contributed by atoms with Gasteiger partial charge in [-0.2, -0.15) is 0 Å². The van der Waals surface area contributed by atoms with Crippen molar-refractivity contribution in [3.63, 3.8) is 0 Å². The Morgan fingerprint density at radius 3 is 1.28 bits per heavy atom. The van der Waals surface area contributed by atoms with Crippen LogP contribution in [-0.2, 0) is 28.6 Å². The third-order valence-corrected chi connectivity index (χ3v) is 9.83. The van der Waals surface area contributed by atoms with Crippen molar-refractivity contribution in [2.75, 3.05) is 13.2 Å². The highest BCUT2D eigenvalue weighted by atomic mass is 16.6. The van der Waals surface area contributed by atoms with Crippen LogP contribution in [0.2, 0.25) is 0 Å². The molecular formula is C54H88O6. The van der Waals surface area contributed by atoms with Crippen molar-refractivity contribution < 1.29 is 28.6 Å². The zero-order valence-electron chi connectivity index (χ0n) is 38.7. The molecular weight excluding hydrogens is 745 g/mol. The summed E-state index contributed by atoms with van der Waals surface area (Å²) in [4.78, 5) is 37.8. The molecule has 0 bridgehead atoms. The molecule has 0 aromatic rings. The molecule has 6 heteroatoms. The van der Waals surface area contributed by atoms with Crippen LogP contribution >= 0.6 is 0 Å². The Hall–Kier alpha value is -3.67. The molecule has 0 aliphatic carbocycles. The van der Waals surface area contributed by atoms with Gasteiger partial charge in [0, 0.05) is 19.3 Å². The Labute approximate surface area is 368 Å². The van der Waals surface area contributed by atoms with Crippen molar-refractivity contribution >= 4 is 17.9 Å². The lowest BCUT2D eigenvalue weighted by molar-refractivity contribution is -0.166. The van der Waals surface area contributed by atoms with Gasteiger partial charge in [0.25, 0.3) is 0 Å². The van der Waals surface area contributed by atoms with E-state index in [1.54, 1.807) is 0 Å². The van der Waals surface area contributed by atoms with Crippen molar-refractivity contribution in [3.05, 3.63) is 97.2 Å². The zero-order chi connectivity index (χ0) is 43.7. The predicted octanol–water partition coefficient (Wildman–Crippen LogP) is 15.8. The topological polar surface area (TPSA) is 78.9 Å². The molecule has 60 heavy (non-hydrogen) atoms. The van der Waals surface area contributed by atoms with E-state index in [9.17, 15) is 14.4 Å². The lowest BCUT2D eigenvalue weighted by atomic mass is 10.1. The summed E-state index contributed by atoms with van der Waals surface area (Å²) in [6.07, 6.45) is 62.6. The van der Waals surface area contributed by atoms with Crippen LogP contribution in [0, 0.1) is 0 Å². The van der Waals surface area contributed by atoms with Crippen LogP contribution in [-0.4, -0.2) is 37.2 Å².